The number of pyridine rings is 1. The zero-order valence-corrected chi connectivity index (χ0v) is 21.7. The van der Waals surface area contributed by atoms with Crippen molar-refractivity contribution in [1.82, 2.24) is 9.97 Å². The van der Waals surface area contributed by atoms with Gasteiger partial charge in [-0.2, -0.15) is 0 Å². The van der Waals surface area contributed by atoms with E-state index in [1.54, 1.807) is 29.4 Å². The second-order valence-corrected chi connectivity index (χ2v) is 11.5. The number of methoxy groups -OCH3 is 1. The molecule has 0 fully saturated rings. The molecule has 7 nitrogen and oxygen atoms in total. The minimum Gasteiger partial charge on any atom is -0.497 e. The van der Waals surface area contributed by atoms with Gasteiger partial charge in [0.25, 0.3) is 0 Å². The van der Waals surface area contributed by atoms with Crippen molar-refractivity contribution in [2.45, 2.75) is 31.2 Å². The Labute approximate surface area is 213 Å². The molecule has 0 aliphatic heterocycles. The molecule has 1 amide bonds. The van der Waals surface area contributed by atoms with Crippen LogP contribution in [0.25, 0.3) is 10.2 Å². The zero-order valence-electron chi connectivity index (χ0n) is 19.3. The van der Waals surface area contributed by atoms with Crippen LogP contribution in [0.2, 0.25) is 5.02 Å². The maximum Gasteiger partial charge on any atom is 0.229 e. The third-order valence-electron chi connectivity index (χ3n) is 5.55. The number of carbonyl (C=O) groups excluding carboxylic acids is 1. The Hall–Kier alpha value is -3.01. The highest BCUT2D eigenvalue weighted by atomic mass is 35.5. The molecular formula is C25H24ClN3O4S2. The molecule has 0 N–H and O–H groups in total. The van der Waals surface area contributed by atoms with E-state index in [1.165, 1.54) is 30.6 Å². The highest BCUT2D eigenvalue weighted by Crippen LogP contribution is 2.34. The quantitative estimate of drug-likeness (QED) is 0.286. The lowest BCUT2D eigenvalue weighted by Crippen LogP contribution is -2.30. The van der Waals surface area contributed by atoms with E-state index < -0.39 is 9.84 Å². The average molecular weight is 530 g/mol. The molecule has 0 saturated heterocycles. The Morgan fingerprint density at radius 1 is 1.14 bits per heavy atom. The predicted octanol–water partition coefficient (Wildman–Crippen LogP) is 5.45. The number of thiazole rings is 1. The summed E-state index contributed by atoms with van der Waals surface area (Å²) >= 11 is 7.66. The molecule has 4 rings (SSSR count). The number of fused-ring (bicyclic) bond motifs is 1. The average Bonchev–Trinajstić information content (AvgIpc) is 3.30. The van der Waals surface area contributed by atoms with E-state index in [0.29, 0.717) is 15.9 Å². The lowest BCUT2D eigenvalue weighted by atomic mass is 10.2. The van der Waals surface area contributed by atoms with Crippen LogP contribution in [0.1, 0.15) is 24.0 Å². The Balaban J connectivity index is 1.53. The van der Waals surface area contributed by atoms with Crippen LogP contribution >= 0.6 is 22.9 Å². The van der Waals surface area contributed by atoms with E-state index >= 15 is 0 Å². The second-order valence-electron chi connectivity index (χ2n) is 7.95. The number of amides is 1. The first kappa shape index (κ1) is 25.1. The van der Waals surface area contributed by atoms with Gasteiger partial charge in [-0.3, -0.25) is 14.7 Å². The van der Waals surface area contributed by atoms with Crippen molar-refractivity contribution in [3.05, 3.63) is 77.1 Å². The fourth-order valence-corrected chi connectivity index (χ4v) is 6.10. The first-order chi connectivity index (χ1) is 16.8. The Morgan fingerprint density at radius 2 is 1.91 bits per heavy atom. The molecule has 0 spiro atoms. The number of hydrogen-bond acceptors (Lipinski definition) is 7. The van der Waals surface area contributed by atoms with Crippen LogP contribution in [0.4, 0.5) is 5.13 Å². The van der Waals surface area contributed by atoms with Crippen molar-refractivity contribution in [3.63, 3.8) is 0 Å². The number of benzene rings is 2. The molecule has 0 unspecified atom stereocenters. The second kappa shape index (κ2) is 10.7. The number of aromatic nitrogens is 2. The van der Waals surface area contributed by atoms with E-state index in [1.807, 2.05) is 31.2 Å². The van der Waals surface area contributed by atoms with Crippen molar-refractivity contribution in [3.8, 4) is 5.75 Å². The largest absolute Gasteiger partial charge is 0.497 e. The standard InChI is InChI=1S/C25H24ClN3O4S2/c1-17-21(26)11-12-22-24(17)28-25(34-22)29(16-18-5-3-13-27-15-18)23(30)6-4-14-35(31,32)20-9-7-19(33-2)8-10-20/h3,5,7-13,15H,4,6,14,16H2,1-2H3. The minimum absolute atomic E-state index is 0.0608. The van der Waals surface area contributed by atoms with Gasteiger partial charge in [0.15, 0.2) is 15.0 Å². The predicted molar refractivity (Wildman–Crippen MR) is 139 cm³/mol. The number of anilines is 1. The number of hydrogen-bond donors (Lipinski definition) is 0. The number of nitrogens with zero attached hydrogens (tertiary/aromatic N) is 3. The Morgan fingerprint density at radius 3 is 2.60 bits per heavy atom. The molecule has 0 saturated carbocycles. The summed E-state index contributed by atoms with van der Waals surface area (Å²) in [5.74, 6) is 0.236. The Bertz CT molecular complexity index is 1440. The molecule has 2 heterocycles. The summed E-state index contributed by atoms with van der Waals surface area (Å²) in [6.07, 6.45) is 3.62. The molecule has 4 aromatic rings. The fraction of sp³-hybridized carbons (Fsp3) is 0.240. The molecule has 35 heavy (non-hydrogen) atoms. The van der Waals surface area contributed by atoms with Crippen LogP contribution in [-0.4, -0.2) is 37.2 Å². The van der Waals surface area contributed by atoms with Gasteiger partial charge in [0, 0.05) is 23.8 Å². The molecule has 0 aliphatic carbocycles. The molecule has 0 aliphatic rings. The smallest absolute Gasteiger partial charge is 0.229 e. The number of aryl methyl sites for hydroxylation is 1. The molecule has 182 valence electrons. The van der Waals surface area contributed by atoms with Gasteiger partial charge >= 0.3 is 0 Å². The van der Waals surface area contributed by atoms with Gasteiger partial charge in [-0.25, -0.2) is 13.4 Å². The molecule has 0 radical (unpaired) electrons. The van der Waals surface area contributed by atoms with E-state index in [-0.39, 0.29) is 35.9 Å². The third-order valence-corrected chi connectivity index (χ3v) is 8.82. The Kier molecular flexibility index (Phi) is 7.69. The number of ether oxygens (including phenoxy) is 1. The third kappa shape index (κ3) is 5.80. The SMILES string of the molecule is COc1ccc(S(=O)(=O)CCCC(=O)N(Cc2cccnc2)c2nc3c(C)c(Cl)ccc3s2)cc1. The van der Waals surface area contributed by atoms with Gasteiger partial charge in [0.1, 0.15) is 5.75 Å². The van der Waals surface area contributed by atoms with E-state index in [4.69, 9.17) is 21.3 Å². The number of sulfone groups is 1. The van der Waals surface area contributed by atoms with Crippen molar-refractivity contribution in [2.24, 2.45) is 0 Å². The highest BCUT2D eigenvalue weighted by molar-refractivity contribution is 7.91. The van der Waals surface area contributed by atoms with Gasteiger partial charge < -0.3 is 4.74 Å². The van der Waals surface area contributed by atoms with Crippen LogP contribution in [0.3, 0.4) is 0 Å². The van der Waals surface area contributed by atoms with Gasteiger partial charge in [-0.15, -0.1) is 0 Å². The van der Waals surface area contributed by atoms with Gasteiger partial charge in [-0.05, 0) is 66.9 Å². The van der Waals surface area contributed by atoms with Crippen LogP contribution in [0.5, 0.6) is 5.75 Å². The fourth-order valence-electron chi connectivity index (χ4n) is 3.59. The van der Waals surface area contributed by atoms with Gasteiger partial charge in [0.2, 0.25) is 5.91 Å². The van der Waals surface area contributed by atoms with E-state index in [9.17, 15) is 13.2 Å². The first-order valence-electron chi connectivity index (χ1n) is 10.9. The molecule has 2 aromatic carbocycles. The summed E-state index contributed by atoms with van der Waals surface area (Å²) in [5.41, 5.74) is 2.45. The summed E-state index contributed by atoms with van der Waals surface area (Å²) in [6, 6.07) is 13.6. The van der Waals surface area contributed by atoms with E-state index in [2.05, 4.69) is 4.98 Å². The number of carbonyl (C=O) groups is 1. The number of halogens is 1. The molecule has 0 atom stereocenters. The van der Waals surface area contributed by atoms with E-state index in [0.717, 1.165) is 21.3 Å². The van der Waals surface area contributed by atoms with Crippen LogP contribution in [0.15, 0.2) is 65.8 Å². The summed E-state index contributed by atoms with van der Waals surface area (Å²) in [4.78, 5) is 24.0. The van der Waals surface area contributed by atoms with Crippen LogP contribution < -0.4 is 9.64 Å². The summed E-state index contributed by atoms with van der Waals surface area (Å²) in [5, 5.41) is 1.15. The lowest BCUT2D eigenvalue weighted by molar-refractivity contribution is -0.118. The monoisotopic (exact) mass is 529 g/mol. The van der Waals surface area contributed by atoms with Crippen molar-refractivity contribution < 1.29 is 17.9 Å². The molecule has 0 bridgehead atoms. The number of rotatable bonds is 9. The van der Waals surface area contributed by atoms with Crippen LogP contribution in [0, 0.1) is 6.92 Å². The van der Waals surface area contributed by atoms with Crippen molar-refractivity contribution in [1.29, 1.82) is 0 Å². The molecular weight excluding hydrogens is 506 g/mol. The minimum atomic E-state index is -3.53. The topological polar surface area (TPSA) is 89.5 Å². The molecule has 10 heteroatoms. The van der Waals surface area contributed by atoms with Crippen molar-refractivity contribution >= 4 is 54.0 Å². The van der Waals surface area contributed by atoms with Crippen molar-refractivity contribution in [2.75, 3.05) is 17.8 Å². The van der Waals surface area contributed by atoms with Gasteiger partial charge in [-0.1, -0.05) is 29.0 Å². The summed E-state index contributed by atoms with van der Waals surface area (Å²) < 4.78 is 31.5. The van der Waals surface area contributed by atoms with Gasteiger partial charge in [0.05, 0.1) is 34.5 Å². The normalized spacial score (nSPS) is 11.5. The highest BCUT2D eigenvalue weighted by Gasteiger charge is 2.22. The summed E-state index contributed by atoms with van der Waals surface area (Å²) in [6.45, 7) is 2.18. The zero-order chi connectivity index (χ0) is 25.0. The molecule has 2 aromatic heterocycles. The maximum atomic E-state index is 13.3. The summed E-state index contributed by atoms with van der Waals surface area (Å²) in [7, 11) is -2.00. The first-order valence-corrected chi connectivity index (χ1v) is 13.7. The maximum absolute atomic E-state index is 13.3. The lowest BCUT2D eigenvalue weighted by Gasteiger charge is -2.20. The van der Waals surface area contributed by atoms with Crippen LogP contribution in [-0.2, 0) is 21.2 Å².